The first-order chi connectivity index (χ1) is 13.2. The first-order valence-electron chi connectivity index (χ1n) is 8.78. The van der Waals surface area contributed by atoms with Crippen LogP contribution >= 0.6 is 27.3 Å². The highest BCUT2D eigenvalue weighted by atomic mass is 79.9. The Morgan fingerprint density at radius 1 is 1.15 bits per heavy atom. The molecule has 0 bridgehead atoms. The Kier molecular flexibility index (Phi) is 5.50. The third kappa shape index (κ3) is 4.20. The van der Waals surface area contributed by atoms with E-state index in [4.69, 9.17) is 4.74 Å². The third-order valence-corrected chi connectivity index (χ3v) is 5.97. The fourth-order valence-electron chi connectivity index (χ4n) is 3.04. The number of piperidine rings is 1. The molecule has 3 aromatic rings. The van der Waals surface area contributed by atoms with E-state index in [1.54, 1.807) is 6.20 Å². The number of nitrogens with zero attached hydrogens (tertiary/aromatic N) is 3. The third-order valence-electron chi connectivity index (χ3n) is 4.48. The average molecular weight is 444 g/mol. The number of likely N-dealkylation sites (tertiary alicyclic amines) is 1. The summed E-state index contributed by atoms with van der Waals surface area (Å²) in [6.07, 6.45) is 3.34. The SMILES string of the molecule is O=C(c1csc(-c2ccccc2)n1)N1CCC(Oc2ncccc2Br)CC1. The van der Waals surface area contributed by atoms with Crippen molar-refractivity contribution in [3.63, 3.8) is 0 Å². The molecule has 2 aromatic heterocycles. The van der Waals surface area contributed by atoms with Crippen LogP contribution in [-0.2, 0) is 0 Å². The van der Waals surface area contributed by atoms with Gasteiger partial charge >= 0.3 is 0 Å². The molecule has 27 heavy (non-hydrogen) atoms. The number of benzene rings is 1. The fraction of sp³-hybridized carbons (Fsp3) is 0.250. The van der Waals surface area contributed by atoms with Crippen LogP contribution in [0.2, 0.25) is 0 Å². The maximum absolute atomic E-state index is 12.8. The molecule has 1 fully saturated rings. The van der Waals surface area contributed by atoms with Gasteiger partial charge < -0.3 is 9.64 Å². The van der Waals surface area contributed by atoms with Crippen LogP contribution in [0.3, 0.4) is 0 Å². The van der Waals surface area contributed by atoms with E-state index in [-0.39, 0.29) is 12.0 Å². The van der Waals surface area contributed by atoms with Crippen LogP contribution in [0, 0.1) is 0 Å². The summed E-state index contributed by atoms with van der Waals surface area (Å²) < 4.78 is 6.82. The number of aromatic nitrogens is 2. The number of thiazole rings is 1. The van der Waals surface area contributed by atoms with Gasteiger partial charge in [-0.2, -0.15) is 0 Å². The zero-order valence-corrected chi connectivity index (χ0v) is 16.9. The quantitative estimate of drug-likeness (QED) is 0.588. The van der Waals surface area contributed by atoms with E-state index in [0.717, 1.165) is 27.9 Å². The minimum absolute atomic E-state index is 0.00843. The normalized spacial score (nSPS) is 14.9. The molecule has 0 radical (unpaired) electrons. The monoisotopic (exact) mass is 443 g/mol. The largest absolute Gasteiger partial charge is 0.473 e. The molecule has 1 aromatic carbocycles. The van der Waals surface area contributed by atoms with Crippen LogP contribution in [0.5, 0.6) is 5.88 Å². The molecule has 3 heterocycles. The highest BCUT2D eigenvalue weighted by molar-refractivity contribution is 9.10. The van der Waals surface area contributed by atoms with E-state index in [2.05, 4.69) is 25.9 Å². The van der Waals surface area contributed by atoms with Gasteiger partial charge in [0.2, 0.25) is 5.88 Å². The highest BCUT2D eigenvalue weighted by Crippen LogP contribution is 2.27. The van der Waals surface area contributed by atoms with Gasteiger partial charge in [-0.05, 0) is 28.1 Å². The van der Waals surface area contributed by atoms with Crippen molar-refractivity contribution < 1.29 is 9.53 Å². The Labute approximate surface area is 170 Å². The van der Waals surface area contributed by atoms with Crippen molar-refractivity contribution in [1.82, 2.24) is 14.9 Å². The standard InChI is InChI=1S/C20H18BrN3O2S/c21-16-7-4-10-22-18(16)26-15-8-11-24(12-9-15)20(25)17-13-27-19(23-17)14-5-2-1-3-6-14/h1-7,10,13,15H,8-9,11-12H2. The summed E-state index contributed by atoms with van der Waals surface area (Å²) in [7, 11) is 0. The number of hydrogen-bond acceptors (Lipinski definition) is 5. The van der Waals surface area contributed by atoms with Crippen LogP contribution in [0.25, 0.3) is 10.6 Å². The van der Waals surface area contributed by atoms with Gasteiger partial charge in [0.15, 0.2) is 0 Å². The Morgan fingerprint density at radius 3 is 2.67 bits per heavy atom. The Balaban J connectivity index is 1.36. The predicted molar refractivity (Wildman–Crippen MR) is 109 cm³/mol. The molecule has 1 aliphatic rings. The Bertz CT molecular complexity index is 924. The molecular formula is C20H18BrN3O2S. The minimum atomic E-state index is -0.00843. The molecule has 0 unspecified atom stereocenters. The number of pyridine rings is 1. The predicted octanol–water partition coefficient (Wildman–Crippen LogP) is 4.65. The lowest BCUT2D eigenvalue weighted by Gasteiger charge is -2.31. The van der Waals surface area contributed by atoms with Gasteiger partial charge in [0.1, 0.15) is 16.8 Å². The summed E-state index contributed by atoms with van der Waals surface area (Å²) in [5, 5.41) is 2.72. The highest BCUT2D eigenvalue weighted by Gasteiger charge is 2.26. The lowest BCUT2D eigenvalue weighted by atomic mass is 10.1. The number of carbonyl (C=O) groups is 1. The second-order valence-electron chi connectivity index (χ2n) is 6.30. The molecular weight excluding hydrogens is 426 g/mol. The topological polar surface area (TPSA) is 55.3 Å². The lowest BCUT2D eigenvalue weighted by Crippen LogP contribution is -2.42. The summed E-state index contributed by atoms with van der Waals surface area (Å²) in [4.78, 5) is 23.4. The van der Waals surface area contributed by atoms with Crippen molar-refractivity contribution in [2.75, 3.05) is 13.1 Å². The van der Waals surface area contributed by atoms with Crippen molar-refractivity contribution in [2.24, 2.45) is 0 Å². The second kappa shape index (κ2) is 8.19. The molecule has 138 valence electrons. The number of halogens is 1. The van der Waals surface area contributed by atoms with Crippen molar-refractivity contribution in [3.05, 3.63) is 64.2 Å². The smallest absolute Gasteiger partial charge is 0.273 e. The molecule has 0 N–H and O–H groups in total. The van der Waals surface area contributed by atoms with Gasteiger partial charge in [-0.1, -0.05) is 30.3 Å². The molecule has 1 amide bonds. The molecule has 4 rings (SSSR count). The lowest BCUT2D eigenvalue weighted by molar-refractivity contribution is 0.0582. The molecule has 0 aliphatic carbocycles. The van der Waals surface area contributed by atoms with E-state index in [1.807, 2.05) is 52.7 Å². The van der Waals surface area contributed by atoms with E-state index in [0.29, 0.717) is 24.7 Å². The Hall–Kier alpha value is -2.25. The van der Waals surface area contributed by atoms with E-state index in [9.17, 15) is 4.79 Å². The van der Waals surface area contributed by atoms with E-state index < -0.39 is 0 Å². The molecule has 1 aliphatic heterocycles. The summed E-state index contributed by atoms with van der Waals surface area (Å²) in [5.41, 5.74) is 1.56. The summed E-state index contributed by atoms with van der Waals surface area (Å²) in [6.45, 7) is 1.32. The van der Waals surface area contributed by atoms with E-state index in [1.165, 1.54) is 11.3 Å². The van der Waals surface area contributed by atoms with Gasteiger partial charge in [-0.3, -0.25) is 4.79 Å². The zero-order valence-electron chi connectivity index (χ0n) is 14.5. The van der Waals surface area contributed by atoms with Crippen molar-refractivity contribution in [2.45, 2.75) is 18.9 Å². The molecule has 0 atom stereocenters. The van der Waals surface area contributed by atoms with E-state index >= 15 is 0 Å². The Morgan fingerprint density at radius 2 is 1.93 bits per heavy atom. The minimum Gasteiger partial charge on any atom is -0.473 e. The average Bonchev–Trinajstić information content (AvgIpc) is 3.21. The second-order valence-corrected chi connectivity index (χ2v) is 8.02. The molecule has 5 nitrogen and oxygen atoms in total. The molecule has 0 saturated carbocycles. The number of hydrogen-bond donors (Lipinski definition) is 0. The van der Waals surface area contributed by atoms with Gasteiger partial charge in [0, 0.05) is 43.1 Å². The fourth-order valence-corrected chi connectivity index (χ4v) is 4.19. The summed E-state index contributed by atoms with van der Waals surface area (Å²) in [5.74, 6) is 0.597. The summed E-state index contributed by atoms with van der Waals surface area (Å²) >= 11 is 4.95. The first-order valence-corrected chi connectivity index (χ1v) is 10.5. The van der Waals surface area contributed by atoms with Gasteiger partial charge in [-0.25, -0.2) is 9.97 Å². The van der Waals surface area contributed by atoms with Crippen molar-refractivity contribution >= 4 is 33.2 Å². The molecule has 0 spiro atoms. The number of carbonyl (C=O) groups excluding carboxylic acids is 1. The van der Waals surface area contributed by atoms with Crippen LogP contribution in [0.1, 0.15) is 23.3 Å². The van der Waals surface area contributed by atoms with Crippen LogP contribution < -0.4 is 4.74 Å². The first kappa shape index (κ1) is 18.1. The van der Waals surface area contributed by atoms with Crippen LogP contribution in [0.4, 0.5) is 0 Å². The summed E-state index contributed by atoms with van der Waals surface area (Å²) in [6, 6.07) is 13.7. The maximum Gasteiger partial charge on any atom is 0.273 e. The number of ether oxygens (including phenoxy) is 1. The van der Waals surface area contributed by atoms with Crippen LogP contribution in [-0.4, -0.2) is 40.0 Å². The van der Waals surface area contributed by atoms with Gasteiger partial charge in [0.25, 0.3) is 5.91 Å². The van der Waals surface area contributed by atoms with Gasteiger partial charge in [-0.15, -0.1) is 11.3 Å². The van der Waals surface area contributed by atoms with Crippen molar-refractivity contribution in [1.29, 1.82) is 0 Å². The zero-order chi connectivity index (χ0) is 18.6. The van der Waals surface area contributed by atoms with Crippen LogP contribution in [0.15, 0.2) is 58.5 Å². The van der Waals surface area contributed by atoms with Crippen molar-refractivity contribution in [3.8, 4) is 16.5 Å². The van der Waals surface area contributed by atoms with Gasteiger partial charge in [0.05, 0.1) is 4.47 Å². The molecule has 7 heteroatoms. The number of rotatable bonds is 4. The molecule has 1 saturated heterocycles. The number of amides is 1. The maximum atomic E-state index is 12.8.